The monoisotopic (exact) mass is 440 g/mol. The maximum absolute atomic E-state index is 13.1. The molecule has 3 unspecified atom stereocenters. The van der Waals surface area contributed by atoms with Crippen LogP contribution in [0.2, 0.25) is 0 Å². The van der Waals surface area contributed by atoms with Crippen LogP contribution in [-0.4, -0.2) is 46.6 Å². The predicted molar refractivity (Wildman–Crippen MR) is 119 cm³/mol. The third-order valence-electron chi connectivity index (χ3n) is 5.13. The number of hydrogen-bond donors (Lipinski definition) is 2. The lowest BCUT2D eigenvalue weighted by Crippen LogP contribution is -2.44. The summed E-state index contributed by atoms with van der Waals surface area (Å²) in [6.45, 7) is 0.916. The third kappa shape index (κ3) is 5.28. The van der Waals surface area contributed by atoms with Crippen LogP contribution in [0.5, 0.6) is 0 Å². The molecule has 0 radical (unpaired) electrons. The van der Waals surface area contributed by atoms with Gasteiger partial charge in [0.1, 0.15) is 11.7 Å². The normalized spacial score (nSPS) is 22.1. The van der Waals surface area contributed by atoms with Crippen molar-refractivity contribution in [1.29, 1.82) is 0 Å². The van der Waals surface area contributed by atoms with Gasteiger partial charge in [0, 0.05) is 11.6 Å². The average molecular weight is 441 g/mol. The fraction of sp³-hybridized carbons (Fsp3) is 0.304. The Labute approximate surface area is 183 Å². The number of amides is 2. The molecule has 31 heavy (non-hydrogen) atoms. The predicted octanol–water partition coefficient (Wildman–Crippen LogP) is 2.56. The van der Waals surface area contributed by atoms with Gasteiger partial charge in [-0.05, 0) is 24.9 Å². The van der Waals surface area contributed by atoms with Gasteiger partial charge in [0.2, 0.25) is 5.91 Å². The van der Waals surface area contributed by atoms with E-state index in [1.807, 2.05) is 60.7 Å². The summed E-state index contributed by atoms with van der Waals surface area (Å²) in [7, 11) is -1.11. The fourth-order valence-electron chi connectivity index (χ4n) is 3.59. The summed E-state index contributed by atoms with van der Waals surface area (Å²) < 4.78 is 11.8. The zero-order chi connectivity index (χ0) is 21.6. The van der Waals surface area contributed by atoms with E-state index in [2.05, 4.69) is 10.6 Å². The summed E-state index contributed by atoms with van der Waals surface area (Å²) in [5.41, 5.74) is 1.55. The lowest BCUT2D eigenvalue weighted by molar-refractivity contribution is -0.155. The summed E-state index contributed by atoms with van der Waals surface area (Å²) >= 11 is 0. The first kappa shape index (κ1) is 21.4. The smallest absolute Gasteiger partial charge is 0.337 e. The summed E-state index contributed by atoms with van der Waals surface area (Å²) in [4.78, 5) is 37.3. The van der Waals surface area contributed by atoms with E-state index in [-0.39, 0.29) is 29.5 Å². The van der Waals surface area contributed by atoms with Crippen LogP contribution in [0.15, 0.2) is 60.7 Å². The van der Waals surface area contributed by atoms with Crippen molar-refractivity contribution in [3.8, 4) is 0 Å². The molecule has 4 rings (SSSR count). The molecule has 2 aromatic carbocycles. The Balaban J connectivity index is 1.62. The van der Waals surface area contributed by atoms with Gasteiger partial charge in [0.05, 0.1) is 5.75 Å². The first-order valence-electron chi connectivity index (χ1n) is 10.2. The molecule has 2 aliphatic rings. The quantitative estimate of drug-likeness (QED) is 0.530. The molecule has 2 heterocycles. The Morgan fingerprint density at radius 2 is 1.77 bits per heavy atom. The van der Waals surface area contributed by atoms with Crippen LogP contribution in [0.1, 0.15) is 24.0 Å². The SMILES string of the molecule is O=C1CS(=C(OC(C(=O)OCc2ccccc2)C2CCCN2)c2ccccc2)C(=O)N1. The van der Waals surface area contributed by atoms with E-state index in [0.717, 1.165) is 24.9 Å². The molecule has 0 aromatic heterocycles. The highest BCUT2D eigenvalue weighted by Crippen LogP contribution is 2.28. The topological polar surface area (TPSA) is 93.7 Å². The van der Waals surface area contributed by atoms with Crippen molar-refractivity contribution in [2.75, 3.05) is 12.3 Å². The Kier molecular flexibility index (Phi) is 6.91. The van der Waals surface area contributed by atoms with Crippen molar-refractivity contribution < 1.29 is 23.9 Å². The van der Waals surface area contributed by atoms with Gasteiger partial charge in [-0.3, -0.25) is 14.9 Å². The van der Waals surface area contributed by atoms with Gasteiger partial charge in [-0.1, -0.05) is 71.1 Å². The Morgan fingerprint density at radius 1 is 1.06 bits per heavy atom. The molecule has 8 heteroatoms. The van der Waals surface area contributed by atoms with Crippen LogP contribution in [0, 0.1) is 0 Å². The summed E-state index contributed by atoms with van der Waals surface area (Å²) in [6.07, 6.45) is 0.755. The number of ether oxygens (including phenoxy) is 2. The van der Waals surface area contributed by atoms with Crippen LogP contribution in [0.4, 0.5) is 4.79 Å². The summed E-state index contributed by atoms with van der Waals surface area (Å²) in [5.74, 6) is -0.814. The molecule has 0 saturated carbocycles. The van der Waals surface area contributed by atoms with Crippen molar-refractivity contribution in [2.24, 2.45) is 0 Å². The first-order valence-corrected chi connectivity index (χ1v) is 11.6. The fourth-order valence-corrected chi connectivity index (χ4v) is 5.23. The molecule has 2 aromatic rings. The van der Waals surface area contributed by atoms with Crippen LogP contribution in [0.25, 0.3) is 0 Å². The van der Waals surface area contributed by atoms with Gasteiger partial charge in [0.15, 0.2) is 6.10 Å². The standard InChI is InChI=1S/C23H24N2O5S/c26-19-15-31(23(28)25-19)22(17-10-5-2-6-11-17)30-20(18-12-7-13-24-18)21(27)29-14-16-8-3-1-4-9-16/h1-6,8-11,18,20,24H,7,12-15H2,(H,25,26,28). The summed E-state index contributed by atoms with van der Waals surface area (Å²) in [6, 6.07) is 18.3. The average Bonchev–Trinajstić information content (AvgIpc) is 3.44. The molecule has 7 nitrogen and oxygen atoms in total. The second kappa shape index (κ2) is 10.00. The van der Waals surface area contributed by atoms with E-state index in [1.165, 1.54) is 0 Å². The number of benzene rings is 2. The maximum atomic E-state index is 13.1. The van der Waals surface area contributed by atoms with E-state index >= 15 is 0 Å². The zero-order valence-electron chi connectivity index (χ0n) is 16.9. The lowest BCUT2D eigenvalue weighted by atomic mass is 10.1. The molecule has 2 amide bonds. The largest absolute Gasteiger partial charge is 0.459 e. The molecule has 0 bridgehead atoms. The molecule has 0 spiro atoms. The minimum atomic E-state index is -1.11. The van der Waals surface area contributed by atoms with Crippen LogP contribution < -0.4 is 10.6 Å². The molecular weight excluding hydrogens is 416 g/mol. The van der Waals surface area contributed by atoms with Crippen LogP contribution in [0.3, 0.4) is 0 Å². The molecular formula is C23H24N2O5S. The highest BCUT2D eigenvalue weighted by molar-refractivity contribution is 8.29. The van der Waals surface area contributed by atoms with E-state index in [0.29, 0.717) is 10.6 Å². The highest BCUT2D eigenvalue weighted by atomic mass is 32.2. The van der Waals surface area contributed by atoms with Crippen molar-refractivity contribution in [3.63, 3.8) is 0 Å². The Hall–Kier alpha value is -2.81. The molecule has 2 fully saturated rings. The first-order chi connectivity index (χ1) is 15.1. The Bertz CT molecular complexity index is 988. The molecule has 0 aliphatic carbocycles. The van der Waals surface area contributed by atoms with Crippen molar-refractivity contribution in [3.05, 3.63) is 71.8 Å². The van der Waals surface area contributed by atoms with Crippen molar-refractivity contribution in [2.45, 2.75) is 31.6 Å². The summed E-state index contributed by atoms with van der Waals surface area (Å²) in [5, 5.41) is 5.59. The number of carbonyl (C=O) groups excluding carboxylic acids is 3. The molecule has 3 atom stereocenters. The minimum Gasteiger partial charge on any atom is -0.459 e. The van der Waals surface area contributed by atoms with E-state index in [1.54, 1.807) is 0 Å². The van der Waals surface area contributed by atoms with Gasteiger partial charge >= 0.3 is 5.97 Å². The zero-order valence-corrected chi connectivity index (χ0v) is 17.7. The molecule has 2 N–H and O–H groups in total. The van der Waals surface area contributed by atoms with Gasteiger partial charge in [0.25, 0.3) is 5.24 Å². The van der Waals surface area contributed by atoms with E-state index in [9.17, 15) is 14.4 Å². The van der Waals surface area contributed by atoms with E-state index in [4.69, 9.17) is 9.47 Å². The number of carbonyl (C=O) groups is 3. The third-order valence-corrected chi connectivity index (χ3v) is 7.01. The second-order valence-corrected chi connectivity index (χ2v) is 9.17. The van der Waals surface area contributed by atoms with Crippen LogP contribution in [-0.2, 0) is 25.7 Å². The number of imide groups is 1. The van der Waals surface area contributed by atoms with Gasteiger partial charge < -0.3 is 14.8 Å². The molecule has 2 aliphatic heterocycles. The number of esters is 1. The van der Waals surface area contributed by atoms with Crippen LogP contribution >= 0.6 is 10.5 Å². The number of nitrogens with one attached hydrogen (secondary N) is 2. The highest BCUT2D eigenvalue weighted by Gasteiger charge is 2.36. The Morgan fingerprint density at radius 3 is 2.39 bits per heavy atom. The molecule has 2 saturated heterocycles. The van der Waals surface area contributed by atoms with Gasteiger partial charge in [-0.2, -0.15) is 0 Å². The van der Waals surface area contributed by atoms with Gasteiger partial charge in [-0.15, -0.1) is 0 Å². The number of rotatable bonds is 6. The van der Waals surface area contributed by atoms with Crippen molar-refractivity contribution in [1.82, 2.24) is 10.6 Å². The van der Waals surface area contributed by atoms with Crippen molar-refractivity contribution >= 4 is 32.7 Å². The van der Waals surface area contributed by atoms with Gasteiger partial charge in [-0.25, -0.2) is 4.79 Å². The second-order valence-electron chi connectivity index (χ2n) is 7.36. The van der Waals surface area contributed by atoms with E-state index < -0.39 is 22.6 Å². The number of hydrogen-bond acceptors (Lipinski definition) is 6. The lowest BCUT2D eigenvalue weighted by Gasteiger charge is -2.24. The maximum Gasteiger partial charge on any atom is 0.337 e. The minimum absolute atomic E-state index is 0.0208. The molecule has 162 valence electrons.